The Morgan fingerprint density at radius 2 is 1.12 bits per heavy atom. The highest BCUT2D eigenvalue weighted by atomic mass is 16.3. The molecular weight excluding hydrogens is 814 g/mol. The first-order valence-corrected chi connectivity index (χ1v) is 23.4. The Hall–Kier alpha value is -8.28. The van der Waals surface area contributed by atoms with E-state index in [0.717, 1.165) is 56.1 Å². The molecule has 0 bridgehead atoms. The van der Waals surface area contributed by atoms with Crippen LogP contribution in [0.4, 0.5) is 34.1 Å². The number of rotatable bonds is 5. The number of hydrogen-bond acceptors (Lipinski definition) is 3. The van der Waals surface area contributed by atoms with Gasteiger partial charge in [0.25, 0.3) is 0 Å². The first kappa shape index (κ1) is 38.0. The van der Waals surface area contributed by atoms with Crippen molar-refractivity contribution in [3.05, 3.63) is 218 Å². The van der Waals surface area contributed by atoms with E-state index in [4.69, 9.17) is 4.42 Å². The van der Waals surface area contributed by atoms with Crippen LogP contribution < -0.4 is 20.7 Å². The molecule has 10 aromatic carbocycles. The third-order valence-corrected chi connectivity index (χ3v) is 14.5. The van der Waals surface area contributed by atoms with E-state index < -0.39 is 0 Å². The summed E-state index contributed by atoms with van der Waals surface area (Å²) in [6.07, 6.45) is 0. The molecule has 0 aliphatic carbocycles. The molecule has 0 radical (unpaired) electrons. The molecule has 4 nitrogen and oxygen atoms in total. The van der Waals surface area contributed by atoms with Crippen molar-refractivity contribution in [2.24, 2.45) is 0 Å². The molecule has 0 spiro atoms. The second kappa shape index (κ2) is 14.1. The van der Waals surface area contributed by atoms with Gasteiger partial charge < -0.3 is 18.7 Å². The average Bonchev–Trinajstić information content (AvgIpc) is 3.92. The summed E-state index contributed by atoms with van der Waals surface area (Å²) in [7, 11) is 0. The lowest BCUT2D eigenvalue weighted by atomic mass is 9.45. The Morgan fingerprint density at radius 1 is 0.463 bits per heavy atom. The number of benzene rings is 10. The predicted octanol–water partition coefficient (Wildman–Crippen LogP) is 15.7. The summed E-state index contributed by atoms with van der Waals surface area (Å²) < 4.78 is 9.93. The zero-order valence-corrected chi connectivity index (χ0v) is 37.5. The van der Waals surface area contributed by atoms with Crippen molar-refractivity contribution in [2.45, 2.75) is 26.2 Å². The number of anilines is 6. The van der Waals surface area contributed by atoms with E-state index in [-0.39, 0.29) is 12.3 Å². The minimum atomic E-state index is -0.211. The molecule has 0 saturated heterocycles. The van der Waals surface area contributed by atoms with Gasteiger partial charge in [0, 0.05) is 71.8 Å². The van der Waals surface area contributed by atoms with Crippen LogP contribution in [0.15, 0.2) is 217 Å². The lowest BCUT2D eigenvalue weighted by Crippen LogP contribution is -2.56. The Morgan fingerprint density at radius 3 is 1.88 bits per heavy atom. The van der Waals surface area contributed by atoms with Crippen LogP contribution in [0.2, 0.25) is 0 Å². The molecule has 0 saturated carbocycles. The molecule has 0 amide bonds. The van der Waals surface area contributed by atoms with Crippen molar-refractivity contribution in [3.63, 3.8) is 0 Å². The first-order valence-electron chi connectivity index (χ1n) is 23.4. The number of hydrogen-bond donors (Lipinski definition) is 0. The molecule has 0 N–H and O–H groups in total. The van der Waals surface area contributed by atoms with Gasteiger partial charge in [0.1, 0.15) is 5.58 Å². The fourth-order valence-electron chi connectivity index (χ4n) is 11.5. The van der Waals surface area contributed by atoms with Gasteiger partial charge in [-0.1, -0.05) is 166 Å². The Kier molecular flexibility index (Phi) is 8.01. The Balaban J connectivity index is 1.18. The van der Waals surface area contributed by atoms with Crippen molar-refractivity contribution in [1.82, 2.24) is 4.48 Å². The first-order chi connectivity index (χ1) is 32.9. The monoisotopic (exact) mass is 857 g/mol. The molecule has 0 fully saturated rings. The number of aromatic nitrogens is 1. The van der Waals surface area contributed by atoms with E-state index in [1.807, 2.05) is 0 Å². The third kappa shape index (κ3) is 5.49. The molecule has 2 aliphatic heterocycles. The summed E-state index contributed by atoms with van der Waals surface area (Å²) in [6.45, 7) is 6.70. The van der Waals surface area contributed by atoms with Crippen molar-refractivity contribution in [3.8, 4) is 22.3 Å². The highest BCUT2D eigenvalue weighted by Crippen LogP contribution is 2.52. The summed E-state index contributed by atoms with van der Waals surface area (Å²) in [5, 5.41) is 7.24. The van der Waals surface area contributed by atoms with Crippen LogP contribution in [0, 0.1) is 0 Å². The van der Waals surface area contributed by atoms with Gasteiger partial charge in [-0.2, -0.15) is 0 Å². The van der Waals surface area contributed by atoms with Crippen LogP contribution in [-0.4, -0.2) is 11.3 Å². The van der Waals surface area contributed by atoms with Crippen LogP contribution in [0.5, 0.6) is 0 Å². The van der Waals surface area contributed by atoms with Crippen LogP contribution in [0.1, 0.15) is 26.3 Å². The maximum absolute atomic E-state index is 7.23. The predicted molar refractivity (Wildman–Crippen MR) is 284 cm³/mol. The maximum atomic E-state index is 7.23. The maximum Gasteiger partial charge on any atom is 0.333 e. The molecule has 2 aromatic heterocycles. The quantitative estimate of drug-likeness (QED) is 0.161. The minimum Gasteiger partial charge on any atom is -0.454 e. The zero-order valence-electron chi connectivity index (χ0n) is 37.5. The van der Waals surface area contributed by atoms with Gasteiger partial charge in [-0.3, -0.25) is 0 Å². The van der Waals surface area contributed by atoms with E-state index in [1.54, 1.807) is 0 Å². The standard InChI is InChI=1S/C62H44BN3O/c1-62(2,3)41-31-34-54(50(36-41)39-18-7-4-8-19-39)65-55-35-32-44(64(42-21-9-5-10-22-42)43-23-11-6-12-24-43)37-53(55)63-57-51(38-52-46-26-15-16-29-56(46)67-61(52)60(57)65)48-28-17-27-47-49-33-30-40-20-13-14-25-45(40)58(49)66(63)59(47)48/h4-38H,1-3H3. The molecule has 2 aliphatic rings. The molecule has 67 heavy (non-hydrogen) atoms. The molecule has 5 heteroatoms. The lowest BCUT2D eigenvalue weighted by molar-refractivity contribution is 0.590. The molecule has 0 atom stereocenters. The number of para-hydroxylation sites is 4. The lowest BCUT2D eigenvalue weighted by Gasteiger charge is -2.41. The van der Waals surface area contributed by atoms with Gasteiger partial charge in [0.2, 0.25) is 0 Å². The summed E-state index contributed by atoms with van der Waals surface area (Å²) in [5.74, 6) is 0. The van der Waals surface area contributed by atoms with E-state index in [0.29, 0.717) is 0 Å². The average molecular weight is 858 g/mol. The topological polar surface area (TPSA) is 24.6 Å². The van der Waals surface area contributed by atoms with Gasteiger partial charge in [-0.05, 0) is 105 Å². The van der Waals surface area contributed by atoms with Gasteiger partial charge in [-0.25, -0.2) is 0 Å². The van der Waals surface area contributed by atoms with E-state index in [2.05, 4.69) is 247 Å². The van der Waals surface area contributed by atoms with E-state index >= 15 is 0 Å². The molecule has 14 rings (SSSR count). The normalized spacial score (nSPS) is 12.9. The summed E-state index contributed by atoms with van der Waals surface area (Å²) >= 11 is 0. The van der Waals surface area contributed by atoms with E-state index in [9.17, 15) is 0 Å². The third-order valence-electron chi connectivity index (χ3n) is 14.5. The van der Waals surface area contributed by atoms with Crippen LogP contribution in [0.3, 0.4) is 0 Å². The molecule has 12 aromatic rings. The van der Waals surface area contributed by atoms with Gasteiger partial charge in [-0.15, -0.1) is 0 Å². The second-order valence-electron chi connectivity index (χ2n) is 19.3. The molecule has 0 unspecified atom stereocenters. The molecule has 316 valence electrons. The van der Waals surface area contributed by atoms with E-state index in [1.165, 1.54) is 71.3 Å². The largest absolute Gasteiger partial charge is 0.454 e. The Bertz CT molecular complexity index is 3940. The van der Waals surface area contributed by atoms with Crippen LogP contribution in [-0.2, 0) is 5.41 Å². The van der Waals surface area contributed by atoms with Crippen LogP contribution in [0.25, 0.3) is 76.8 Å². The SMILES string of the molecule is CC(C)(C)c1ccc(N2c3ccc(N(c4ccccc4)c4ccccc4)cc3B3c4c(cc5c(oc6ccccc65)c42)-c2cccc4c5ccc6ccccc6c5n3c24)c(-c2ccccc2)c1. The summed E-state index contributed by atoms with van der Waals surface area (Å²) in [5.41, 5.74) is 19.4. The second-order valence-corrected chi connectivity index (χ2v) is 19.3. The molecular formula is C62H44BN3O. The van der Waals surface area contributed by atoms with Crippen molar-refractivity contribution < 1.29 is 4.42 Å². The Labute approximate surface area is 389 Å². The number of fused-ring (bicyclic) bond motifs is 13. The van der Waals surface area contributed by atoms with Gasteiger partial charge >= 0.3 is 6.85 Å². The van der Waals surface area contributed by atoms with Gasteiger partial charge in [0.05, 0.1) is 11.4 Å². The van der Waals surface area contributed by atoms with Gasteiger partial charge in [0.15, 0.2) is 5.58 Å². The highest BCUT2D eigenvalue weighted by molar-refractivity contribution is 6.90. The smallest absolute Gasteiger partial charge is 0.333 e. The van der Waals surface area contributed by atoms with Crippen molar-refractivity contribution >= 4 is 106 Å². The number of furan rings is 1. The summed E-state index contributed by atoms with van der Waals surface area (Å²) in [6, 6.07) is 78.2. The summed E-state index contributed by atoms with van der Waals surface area (Å²) in [4.78, 5) is 4.95. The molecule has 4 heterocycles. The number of nitrogens with zero attached hydrogens (tertiary/aromatic N) is 3. The minimum absolute atomic E-state index is 0.0640. The fraction of sp³-hybridized carbons (Fsp3) is 0.0645. The fourth-order valence-corrected chi connectivity index (χ4v) is 11.5. The zero-order chi connectivity index (χ0) is 44.5. The van der Waals surface area contributed by atoms with Crippen LogP contribution >= 0.6 is 0 Å². The van der Waals surface area contributed by atoms with Crippen molar-refractivity contribution in [1.29, 1.82) is 0 Å². The van der Waals surface area contributed by atoms with Crippen molar-refractivity contribution in [2.75, 3.05) is 9.80 Å². The highest BCUT2D eigenvalue weighted by Gasteiger charge is 2.45.